The molecule has 1 amide bonds. The molecule has 0 heterocycles. The summed E-state index contributed by atoms with van der Waals surface area (Å²) in [7, 11) is 0. The van der Waals surface area contributed by atoms with Crippen LogP contribution in [-0.4, -0.2) is 12.5 Å². The van der Waals surface area contributed by atoms with Crippen molar-refractivity contribution in [3.8, 4) is 11.8 Å². The monoisotopic (exact) mass is 320 g/mol. The van der Waals surface area contributed by atoms with Crippen LogP contribution in [0.4, 0.5) is 5.69 Å². The standard InChI is InChI=1S/C15H10Cl2N2O2/c16-11-7-10(8-12(17)9-11)15(20)19-13-1-3-14(4-2-13)21-6-5-18/h1-4,7-9H,6H2,(H,19,20). The molecule has 0 atom stereocenters. The molecular weight excluding hydrogens is 311 g/mol. The molecule has 0 aliphatic rings. The fraction of sp³-hybridized carbons (Fsp3) is 0.0667. The molecule has 0 bridgehead atoms. The van der Waals surface area contributed by atoms with Crippen molar-refractivity contribution in [2.45, 2.75) is 0 Å². The second-order valence-electron chi connectivity index (χ2n) is 4.08. The van der Waals surface area contributed by atoms with Crippen molar-refractivity contribution in [1.82, 2.24) is 0 Å². The van der Waals surface area contributed by atoms with Crippen molar-refractivity contribution in [3.63, 3.8) is 0 Å². The highest BCUT2D eigenvalue weighted by atomic mass is 35.5. The number of hydrogen-bond donors (Lipinski definition) is 1. The number of anilines is 1. The van der Waals surface area contributed by atoms with Gasteiger partial charge in [0.2, 0.25) is 0 Å². The summed E-state index contributed by atoms with van der Waals surface area (Å²) in [5.74, 6) is 0.241. The quantitative estimate of drug-likeness (QED) is 0.920. The molecule has 0 spiro atoms. The number of benzene rings is 2. The molecule has 21 heavy (non-hydrogen) atoms. The van der Waals surface area contributed by atoms with Gasteiger partial charge in [0.25, 0.3) is 5.91 Å². The zero-order chi connectivity index (χ0) is 15.2. The first-order chi connectivity index (χ1) is 10.1. The van der Waals surface area contributed by atoms with Crippen molar-refractivity contribution >= 4 is 34.8 Å². The highest BCUT2D eigenvalue weighted by Gasteiger charge is 2.08. The van der Waals surface area contributed by atoms with Gasteiger partial charge in [0.05, 0.1) is 0 Å². The SMILES string of the molecule is N#CCOc1ccc(NC(=O)c2cc(Cl)cc(Cl)c2)cc1. The lowest BCUT2D eigenvalue weighted by Crippen LogP contribution is -2.11. The van der Waals surface area contributed by atoms with Crippen molar-refractivity contribution in [2.24, 2.45) is 0 Å². The summed E-state index contributed by atoms with van der Waals surface area (Å²) in [4.78, 5) is 12.1. The fourth-order valence-electron chi connectivity index (χ4n) is 1.64. The molecule has 0 fully saturated rings. The van der Waals surface area contributed by atoms with Gasteiger partial charge in [0.15, 0.2) is 6.61 Å². The molecule has 0 radical (unpaired) electrons. The van der Waals surface area contributed by atoms with Gasteiger partial charge >= 0.3 is 0 Å². The molecule has 106 valence electrons. The summed E-state index contributed by atoms with van der Waals surface area (Å²) in [6.07, 6.45) is 0. The van der Waals surface area contributed by atoms with Crippen LogP contribution in [0.15, 0.2) is 42.5 Å². The Kier molecular flexibility index (Phi) is 5.04. The van der Waals surface area contributed by atoms with E-state index in [-0.39, 0.29) is 12.5 Å². The van der Waals surface area contributed by atoms with Crippen molar-refractivity contribution < 1.29 is 9.53 Å². The van der Waals surface area contributed by atoms with E-state index >= 15 is 0 Å². The number of amides is 1. The molecule has 1 N–H and O–H groups in total. The smallest absolute Gasteiger partial charge is 0.255 e. The maximum atomic E-state index is 12.1. The Bertz CT molecular complexity index is 674. The molecule has 2 aromatic rings. The van der Waals surface area contributed by atoms with E-state index in [4.69, 9.17) is 33.2 Å². The third-order valence-electron chi connectivity index (χ3n) is 2.54. The normalized spacial score (nSPS) is 9.76. The number of hydrogen-bond acceptors (Lipinski definition) is 3. The number of nitrogens with one attached hydrogen (secondary N) is 1. The topological polar surface area (TPSA) is 62.1 Å². The average Bonchev–Trinajstić information content (AvgIpc) is 2.45. The summed E-state index contributed by atoms with van der Waals surface area (Å²) >= 11 is 11.7. The third-order valence-corrected chi connectivity index (χ3v) is 2.98. The van der Waals surface area contributed by atoms with E-state index in [0.29, 0.717) is 27.0 Å². The highest BCUT2D eigenvalue weighted by Crippen LogP contribution is 2.21. The largest absolute Gasteiger partial charge is 0.479 e. The van der Waals surface area contributed by atoms with Crippen LogP contribution in [0.2, 0.25) is 10.0 Å². The highest BCUT2D eigenvalue weighted by molar-refractivity contribution is 6.35. The average molecular weight is 321 g/mol. The van der Waals surface area contributed by atoms with Gasteiger partial charge in [-0.2, -0.15) is 5.26 Å². The third kappa shape index (κ3) is 4.38. The summed E-state index contributed by atoms with van der Waals surface area (Å²) in [6.45, 7) is -0.0211. The summed E-state index contributed by atoms with van der Waals surface area (Å²) in [6, 6.07) is 13.2. The van der Waals surface area contributed by atoms with Crippen molar-refractivity contribution in [3.05, 3.63) is 58.1 Å². The summed E-state index contributed by atoms with van der Waals surface area (Å²) < 4.78 is 5.12. The predicted octanol–water partition coefficient (Wildman–Crippen LogP) is 4.15. The number of carbonyl (C=O) groups is 1. The Balaban J connectivity index is 2.07. The minimum atomic E-state index is -0.315. The van der Waals surface area contributed by atoms with Crippen LogP contribution in [0.25, 0.3) is 0 Å². The molecule has 0 saturated heterocycles. The van der Waals surface area contributed by atoms with Crippen LogP contribution in [-0.2, 0) is 0 Å². The van der Waals surface area contributed by atoms with Crippen LogP contribution < -0.4 is 10.1 Å². The minimum absolute atomic E-state index is 0.0211. The number of carbonyl (C=O) groups excluding carboxylic acids is 1. The van der Waals surface area contributed by atoms with E-state index in [1.54, 1.807) is 30.3 Å². The molecule has 4 nitrogen and oxygen atoms in total. The first-order valence-electron chi connectivity index (χ1n) is 5.96. The molecule has 0 saturated carbocycles. The molecule has 0 aromatic heterocycles. The minimum Gasteiger partial charge on any atom is -0.479 e. The number of nitriles is 1. The molecule has 2 rings (SSSR count). The summed E-state index contributed by atoms with van der Waals surface area (Å²) in [5.41, 5.74) is 0.970. The van der Waals surface area contributed by atoms with E-state index < -0.39 is 0 Å². The first-order valence-corrected chi connectivity index (χ1v) is 6.71. The van der Waals surface area contributed by atoms with Gasteiger partial charge in [-0.3, -0.25) is 4.79 Å². The second kappa shape index (κ2) is 6.98. The van der Waals surface area contributed by atoms with Gasteiger partial charge in [0, 0.05) is 21.3 Å². The molecule has 0 unspecified atom stereocenters. The van der Waals surface area contributed by atoms with Crippen LogP contribution in [0.5, 0.6) is 5.75 Å². The zero-order valence-electron chi connectivity index (χ0n) is 10.8. The Morgan fingerprint density at radius 1 is 1.14 bits per heavy atom. The van der Waals surface area contributed by atoms with Crippen molar-refractivity contribution in [2.75, 3.05) is 11.9 Å². The predicted molar refractivity (Wildman–Crippen MR) is 82.0 cm³/mol. The second-order valence-corrected chi connectivity index (χ2v) is 4.96. The number of halogens is 2. The number of rotatable bonds is 4. The maximum absolute atomic E-state index is 12.1. The molecule has 2 aromatic carbocycles. The van der Waals surface area contributed by atoms with Gasteiger partial charge in [-0.25, -0.2) is 0 Å². The van der Waals surface area contributed by atoms with E-state index in [9.17, 15) is 4.79 Å². The van der Waals surface area contributed by atoms with E-state index in [2.05, 4.69) is 5.32 Å². The zero-order valence-corrected chi connectivity index (χ0v) is 12.3. The van der Waals surface area contributed by atoms with Gasteiger partial charge in [-0.1, -0.05) is 23.2 Å². The van der Waals surface area contributed by atoms with Gasteiger partial charge in [-0.15, -0.1) is 0 Å². The van der Waals surface area contributed by atoms with Crippen LogP contribution >= 0.6 is 23.2 Å². The van der Waals surface area contributed by atoms with E-state index in [1.165, 1.54) is 12.1 Å². The van der Waals surface area contributed by atoms with E-state index in [0.717, 1.165) is 0 Å². The Hall–Kier alpha value is -2.22. The van der Waals surface area contributed by atoms with Crippen LogP contribution in [0.3, 0.4) is 0 Å². The van der Waals surface area contributed by atoms with Gasteiger partial charge in [-0.05, 0) is 42.5 Å². The molecule has 6 heteroatoms. The first kappa shape index (κ1) is 15.2. The Morgan fingerprint density at radius 2 is 1.76 bits per heavy atom. The van der Waals surface area contributed by atoms with Gasteiger partial charge in [0.1, 0.15) is 11.8 Å². The lowest BCUT2D eigenvalue weighted by Gasteiger charge is -2.07. The van der Waals surface area contributed by atoms with Crippen LogP contribution in [0.1, 0.15) is 10.4 Å². The Morgan fingerprint density at radius 3 is 2.33 bits per heavy atom. The Labute approximate surface area is 131 Å². The molecular formula is C15H10Cl2N2O2. The number of nitrogens with zero attached hydrogens (tertiary/aromatic N) is 1. The van der Waals surface area contributed by atoms with Gasteiger partial charge < -0.3 is 10.1 Å². The fourth-order valence-corrected chi connectivity index (χ4v) is 2.16. The maximum Gasteiger partial charge on any atom is 0.255 e. The summed E-state index contributed by atoms with van der Waals surface area (Å²) in [5, 5.41) is 11.9. The lowest BCUT2D eigenvalue weighted by molar-refractivity contribution is 0.102. The van der Waals surface area contributed by atoms with Crippen molar-refractivity contribution in [1.29, 1.82) is 5.26 Å². The molecule has 0 aliphatic heterocycles. The lowest BCUT2D eigenvalue weighted by atomic mass is 10.2. The van der Waals surface area contributed by atoms with E-state index in [1.807, 2.05) is 6.07 Å². The van der Waals surface area contributed by atoms with Crippen LogP contribution in [0, 0.1) is 11.3 Å². The number of ether oxygens (including phenoxy) is 1. The molecule has 0 aliphatic carbocycles.